The van der Waals surface area contributed by atoms with Crippen molar-refractivity contribution in [1.29, 1.82) is 0 Å². The Morgan fingerprint density at radius 2 is 1.93 bits per heavy atom. The Hall–Kier alpha value is -1.02. The number of benzene rings is 1. The number of aryl methyl sites for hydroxylation is 2. The predicted octanol–water partition coefficient (Wildman–Crippen LogP) is 2.32. The fourth-order valence-corrected chi connectivity index (χ4v) is 1.39. The smallest absolute Gasteiger partial charge is 0.0372 e. The highest BCUT2D eigenvalue weighted by atomic mass is 14.9. The van der Waals surface area contributed by atoms with Crippen LogP contribution in [-0.4, -0.2) is 19.6 Å². The number of rotatable bonds is 5. The SMILES string of the molecule is CCNCCNc1cc(C)ccc1C. The summed E-state index contributed by atoms with van der Waals surface area (Å²) in [4.78, 5) is 0. The Bertz CT molecular complexity index is 282. The van der Waals surface area contributed by atoms with Gasteiger partial charge >= 0.3 is 0 Å². The van der Waals surface area contributed by atoms with E-state index in [9.17, 15) is 0 Å². The topological polar surface area (TPSA) is 24.1 Å². The van der Waals surface area contributed by atoms with Crippen molar-refractivity contribution in [3.8, 4) is 0 Å². The maximum absolute atomic E-state index is 3.43. The molecular weight excluding hydrogens is 172 g/mol. The highest BCUT2D eigenvalue weighted by molar-refractivity contribution is 5.52. The number of hydrogen-bond acceptors (Lipinski definition) is 2. The zero-order valence-corrected chi connectivity index (χ0v) is 9.35. The molecule has 1 rings (SSSR count). The van der Waals surface area contributed by atoms with Crippen LogP contribution < -0.4 is 10.6 Å². The van der Waals surface area contributed by atoms with Crippen molar-refractivity contribution >= 4 is 5.69 Å². The first kappa shape index (κ1) is 11.1. The maximum Gasteiger partial charge on any atom is 0.0372 e. The van der Waals surface area contributed by atoms with E-state index < -0.39 is 0 Å². The van der Waals surface area contributed by atoms with E-state index in [1.54, 1.807) is 0 Å². The molecule has 0 radical (unpaired) electrons. The van der Waals surface area contributed by atoms with Crippen LogP contribution >= 0.6 is 0 Å². The summed E-state index contributed by atoms with van der Waals surface area (Å²) in [5, 5.41) is 6.72. The lowest BCUT2D eigenvalue weighted by molar-refractivity contribution is 0.739. The molecule has 2 nitrogen and oxygen atoms in total. The highest BCUT2D eigenvalue weighted by Crippen LogP contribution is 2.15. The predicted molar refractivity (Wildman–Crippen MR) is 62.9 cm³/mol. The van der Waals surface area contributed by atoms with Gasteiger partial charge in [-0.15, -0.1) is 0 Å². The normalized spacial score (nSPS) is 10.2. The van der Waals surface area contributed by atoms with Gasteiger partial charge in [0, 0.05) is 18.8 Å². The molecule has 0 bridgehead atoms. The average Bonchev–Trinajstić information content (AvgIpc) is 2.18. The van der Waals surface area contributed by atoms with Gasteiger partial charge in [0.1, 0.15) is 0 Å². The Morgan fingerprint density at radius 1 is 1.14 bits per heavy atom. The largest absolute Gasteiger partial charge is 0.384 e. The number of hydrogen-bond donors (Lipinski definition) is 2. The van der Waals surface area contributed by atoms with Crippen molar-refractivity contribution < 1.29 is 0 Å². The van der Waals surface area contributed by atoms with Gasteiger partial charge in [0.05, 0.1) is 0 Å². The summed E-state index contributed by atoms with van der Waals surface area (Å²) in [6, 6.07) is 6.50. The lowest BCUT2D eigenvalue weighted by Crippen LogP contribution is -2.21. The molecule has 2 N–H and O–H groups in total. The molecule has 0 aliphatic heterocycles. The van der Waals surface area contributed by atoms with E-state index in [0.717, 1.165) is 19.6 Å². The molecule has 0 amide bonds. The minimum absolute atomic E-state index is 0.984. The van der Waals surface area contributed by atoms with Crippen molar-refractivity contribution in [2.75, 3.05) is 25.0 Å². The van der Waals surface area contributed by atoms with Crippen LogP contribution in [0.3, 0.4) is 0 Å². The first-order chi connectivity index (χ1) is 6.74. The van der Waals surface area contributed by atoms with E-state index in [1.807, 2.05) is 0 Å². The second kappa shape index (κ2) is 5.66. The van der Waals surface area contributed by atoms with Crippen LogP contribution in [0.2, 0.25) is 0 Å². The second-order valence-corrected chi connectivity index (χ2v) is 3.60. The summed E-state index contributed by atoms with van der Waals surface area (Å²) < 4.78 is 0. The number of anilines is 1. The van der Waals surface area contributed by atoms with Crippen molar-refractivity contribution in [1.82, 2.24) is 5.32 Å². The fourth-order valence-electron chi connectivity index (χ4n) is 1.39. The Labute approximate surface area is 86.7 Å². The van der Waals surface area contributed by atoms with E-state index in [4.69, 9.17) is 0 Å². The van der Waals surface area contributed by atoms with Crippen LogP contribution in [0, 0.1) is 13.8 Å². The van der Waals surface area contributed by atoms with Gasteiger partial charge < -0.3 is 10.6 Å². The quantitative estimate of drug-likeness (QED) is 0.700. The number of nitrogens with one attached hydrogen (secondary N) is 2. The summed E-state index contributed by atoms with van der Waals surface area (Å²) in [6.45, 7) is 9.42. The minimum Gasteiger partial charge on any atom is -0.384 e. The summed E-state index contributed by atoms with van der Waals surface area (Å²) >= 11 is 0. The molecule has 14 heavy (non-hydrogen) atoms. The molecule has 1 aromatic rings. The summed E-state index contributed by atoms with van der Waals surface area (Å²) in [5.41, 5.74) is 3.87. The molecular formula is C12H20N2. The van der Waals surface area contributed by atoms with Crippen LogP contribution in [0.15, 0.2) is 18.2 Å². The van der Waals surface area contributed by atoms with E-state index in [1.165, 1.54) is 16.8 Å². The van der Waals surface area contributed by atoms with E-state index >= 15 is 0 Å². The maximum atomic E-state index is 3.43. The highest BCUT2D eigenvalue weighted by Gasteiger charge is 1.96. The van der Waals surface area contributed by atoms with Crippen LogP contribution in [0.25, 0.3) is 0 Å². The molecule has 0 aromatic heterocycles. The monoisotopic (exact) mass is 192 g/mol. The third-order valence-corrected chi connectivity index (χ3v) is 2.26. The molecule has 0 spiro atoms. The lowest BCUT2D eigenvalue weighted by Gasteiger charge is -2.10. The lowest BCUT2D eigenvalue weighted by atomic mass is 10.1. The van der Waals surface area contributed by atoms with E-state index in [0.29, 0.717) is 0 Å². The Kier molecular flexibility index (Phi) is 4.47. The summed E-state index contributed by atoms with van der Waals surface area (Å²) in [5.74, 6) is 0. The Balaban J connectivity index is 2.45. The van der Waals surface area contributed by atoms with Crippen LogP contribution in [-0.2, 0) is 0 Å². The third-order valence-electron chi connectivity index (χ3n) is 2.26. The zero-order chi connectivity index (χ0) is 10.4. The van der Waals surface area contributed by atoms with Crippen molar-refractivity contribution in [2.45, 2.75) is 20.8 Å². The minimum atomic E-state index is 0.984. The van der Waals surface area contributed by atoms with Crippen molar-refractivity contribution in [3.05, 3.63) is 29.3 Å². The van der Waals surface area contributed by atoms with Crippen LogP contribution in [0.1, 0.15) is 18.1 Å². The molecule has 0 aliphatic rings. The van der Waals surface area contributed by atoms with Crippen LogP contribution in [0.5, 0.6) is 0 Å². The summed E-state index contributed by atoms with van der Waals surface area (Å²) in [6.07, 6.45) is 0. The molecule has 2 heteroatoms. The molecule has 0 saturated carbocycles. The molecule has 0 heterocycles. The average molecular weight is 192 g/mol. The fraction of sp³-hybridized carbons (Fsp3) is 0.500. The zero-order valence-electron chi connectivity index (χ0n) is 9.35. The second-order valence-electron chi connectivity index (χ2n) is 3.60. The third kappa shape index (κ3) is 3.38. The van der Waals surface area contributed by atoms with Gasteiger partial charge in [0.25, 0.3) is 0 Å². The van der Waals surface area contributed by atoms with Gasteiger partial charge in [-0.1, -0.05) is 19.1 Å². The van der Waals surface area contributed by atoms with Gasteiger partial charge in [0.2, 0.25) is 0 Å². The molecule has 0 unspecified atom stereocenters. The first-order valence-electron chi connectivity index (χ1n) is 5.26. The molecule has 0 fully saturated rings. The van der Waals surface area contributed by atoms with Crippen LogP contribution in [0.4, 0.5) is 5.69 Å². The van der Waals surface area contributed by atoms with Gasteiger partial charge in [-0.3, -0.25) is 0 Å². The van der Waals surface area contributed by atoms with E-state index in [2.05, 4.69) is 49.6 Å². The Morgan fingerprint density at radius 3 is 2.64 bits per heavy atom. The summed E-state index contributed by atoms with van der Waals surface area (Å²) in [7, 11) is 0. The number of likely N-dealkylation sites (N-methyl/N-ethyl adjacent to an activating group) is 1. The molecule has 0 atom stereocenters. The molecule has 0 aliphatic carbocycles. The van der Waals surface area contributed by atoms with Gasteiger partial charge in [-0.2, -0.15) is 0 Å². The molecule has 0 saturated heterocycles. The van der Waals surface area contributed by atoms with Gasteiger partial charge in [-0.05, 0) is 37.6 Å². The van der Waals surface area contributed by atoms with E-state index in [-0.39, 0.29) is 0 Å². The first-order valence-corrected chi connectivity index (χ1v) is 5.26. The van der Waals surface area contributed by atoms with Gasteiger partial charge in [0.15, 0.2) is 0 Å². The van der Waals surface area contributed by atoms with Crippen molar-refractivity contribution in [3.63, 3.8) is 0 Å². The molecule has 1 aromatic carbocycles. The van der Waals surface area contributed by atoms with Gasteiger partial charge in [-0.25, -0.2) is 0 Å². The molecule has 78 valence electrons. The standard InChI is InChI=1S/C12H20N2/c1-4-13-7-8-14-12-9-10(2)5-6-11(12)3/h5-6,9,13-14H,4,7-8H2,1-3H3. The van der Waals surface area contributed by atoms with Crippen molar-refractivity contribution in [2.24, 2.45) is 0 Å².